The minimum absolute atomic E-state index is 0.202. The minimum atomic E-state index is 0.202. The van der Waals surface area contributed by atoms with Crippen LogP contribution in [-0.4, -0.2) is 26.4 Å². The molecule has 1 aromatic rings. The van der Waals surface area contributed by atoms with Crippen molar-refractivity contribution in [2.75, 3.05) is 20.3 Å². The van der Waals surface area contributed by atoms with Crippen LogP contribution in [0.3, 0.4) is 0 Å². The summed E-state index contributed by atoms with van der Waals surface area (Å²) in [6, 6.07) is 8.39. The summed E-state index contributed by atoms with van der Waals surface area (Å²) in [4.78, 5) is 0. The third kappa shape index (κ3) is 3.24. The first-order chi connectivity index (χ1) is 8.85. The number of likely N-dealkylation sites (N-methyl/N-ethyl adjacent to an activating group) is 1. The summed E-state index contributed by atoms with van der Waals surface area (Å²) in [6.45, 7) is 3.41. The molecule has 1 atom stereocenters. The summed E-state index contributed by atoms with van der Waals surface area (Å²) in [5.41, 5.74) is 1.18. The molecule has 3 heteroatoms. The van der Waals surface area contributed by atoms with Gasteiger partial charge in [0.2, 0.25) is 0 Å². The molecule has 0 bridgehead atoms. The number of nitrogens with one attached hydrogen (secondary N) is 1. The lowest BCUT2D eigenvalue weighted by Crippen LogP contribution is -2.28. The minimum Gasteiger partial charge on any atom is -0.494 e. The zero-order chi connectivity index (χ0) is 12.8. The number of benzene rings is 1. The van der Waals surface area contributed by atoms with Gasteiger partial charge in [-0.3, -0.25) is 0 Å². The van der Waals surface area contributed by atoms with Crippen LogP contribution >= 0.6 is 0 Å². The van der Waals surface area contributed by atoms with Crippen LogP contribution in [0.1, 0.15) is 37.8 Å². The molecule has 0 amide bonds. The van der Waals surface area contributed by atoms with E-state index in [1.807, 2.05) is 32.2 Å². The quantitative estimate of drug-likeness (QED) is 0.806. The molecule has 0 aliphatic heterocycles. The van der Waals surface area contributed by atoms with Gasteiger partial charge < -0.3 is 14.8 Å². The topological polar surface area (TPSA) is 30.5 Å². The van der Waals surface area contributed by atoms with Crippen LogP contribution in [0.15, 0.2) is 24.3 Å². The Hall–Kier alpha value is -1.06. The highest BCUT2D eigenvalue weighted by molar-refractivity contribution is 5.36. The van der Waals surface area contributed by atoms with Crippen molar-refractivity contribution in [1.82, 2.24) is 5.32 Å². The van der Waals surface area contributed by atoms with Crippen molar-refractivity contribution in [3.05, 3.63) is 29.8 Å². The molecule has 18 heavy (non-hydrogen) atoms. The maximum absolute atomic E-state index is 5.90. The van der Waals surface area contributed by atoms with Gasteiger partial charge in [-0.1, -0.05) is 18.2 Å². The van der Waals surface area contributed by atoms with E-state index in [0.29, 0.717) is 19.3 Å². The smallest absolute Gasteiger partial charge is 0.124 e. The molecule has 1 aromatic carbocycles. The molecule has 3 nitrogen and oxygen atoms in total. The molecule has 1 aliphatic rings. The van der Waals surface area contributed by atoms with Gasteiger partial charge in [0, 0.05) is 5.56 Å². The Morgan fingerprint density at radius 1 is 1.33 bits per heavy atom. The van der Waals surface area contributed by atoms with Crippen molar-refractivity contribution in [2.24, 2.45) is 0 Å². The third-order valence-corrected chi connectivity index (χ3v) is 3.49. The summed E-state index contributed by atoms with van der Waals surface area (Å²) in [6.07, 6.45) is 4.21. The number of ether oxygens (including phenoxy) is 2. The number of hydrogen-bond donors (Lipinski definition) is 1. The lowest BCUT2D eigenvalue weighted by Gasteiger charge is -2.28. The number of para-hydroxylation sites is 1. The second-order valence-electron chi connectivity index (χ2n) is 4.70. The van der Waals surface area contributed by atoms with Crippen LogP contribution in [0.25, 0.3) is 0 Å². The van der Waals surface area contributed by atoms with E-state index in [9.17, 15) is 0 Å². The van der Waals surface area contributed by atoms with Crippen molar-refractivity contribution >= 4 is 0 Å². The van der Waals surface area contributed by atoms with E-state index in [-0.39, 0.29) is 6.04 Å². The third-order valence-electron chi connectivity index (χ3n) is 3.49. The van der Waals surface area contributed by atoms with Crippen LogP contribution in [0.4, 0.5) is 0 Å². The summed E-state index contributed by atoms with van der Waals surface area (Å²) < 4.78 is 11.6. The van der Waals surface area contributed by atoms with Crippen molar-refractivity contribution < 1.29 is 9.47 Å². The lowest BCUT2D eigenvalue weighted by molar-refractivity contribution is -0.00821. The summed E-state index contributed by atoms with van der Waals surface area (Å²) in [7, 11) is 1.97. The fourth-order valence-electron chi connectivity index (χ4n) is 2.15. The average Bonchev–Trinajstić information content (AvgIpc) is 2.34. The first-order valence-corrected chi connectivity index (χ1v) is 6.85. The number of rotatable bonds is 7. The van der Waals surface area contributed by atoms with Gasteiger partial charge in [0.25, 0.3) is 0 Å². The molecule has 1 saturated carbocycles. The zero-order valence-electron chi connectivity index (χ0n) is 11.3. The molecule has 1 aliphatic carbocycles. The van der Waals surface area contributed by atoms with Gasteiger partial charge in [-0.2, -0.15) is 0 Å². The number of hydrogen-bond acceptors (Lipinski definition) is 3. The van der Waals surface area contributed by atoms with Gasteiger partial charge in [-0.25, -0.2) is 0 Å². The Kier molecular flexibility index (Phi) is 5.02. The van der Waals surface area contributed by atoms with Crippen molar-refractivity contribution in [1.29, 1.82) is 0 Å². The highest BCUT2D eigenvalue weighted by Crippen LogP contribution is 2.28. The molecule has 0 heterocycles. The Labute approximate surface area is 109 Å². The predicted octanol–water partition coefficient (Wildman–Crippen LogP) is 2.91. The molecule has 100 valence electrons. The monoisotopic (exact) mass is 249 g/mol. The maximum atomic E-state index is 5.90. The van der Waals surface area contributed by atoms with Gasteiger partial charge in [0.1, 0.15) is 5.75 Å². The molecule has 0 aromatic heterocycles. The van der Waals surface area contributed by atoms with Crippen molar-refractivity contribution in [2.45, 2.75) is 38.3 Å². The van der Waals surface area contributed by atoms with E-state index in [1.165, 1.54) is 24.8 Å². The summed E-state index contributed by atoms with van der Waals surface area (Å²) >= 11 is 0. The molecule has 0 radical (unpaired) electrons. The van der Waals surface area contributed by atoms with E-state index < -0.39 is 0 Å². The molecule has 0 spiro atoms. The molecule has 2 rings (SSSR count). The normalized spacial score (nSPS) is 17.2. The van der Waals surface area contributed by atoms with E-state index in [4.69, 9.17) is 9.47 Å². The molecular formula is C15H23NO2. The van der Waals surface area contributed by atoms with E-state index in [2.05, 4.69) is 11.4 Å². The van der Waals surface area contributed by atoms with Gasteiger partial charge in [0.05, 0.1) is 25.4 Å². The molecule has 1 N–H and O–H groups in total. The largest absolute Gasteiger partial charge is 0.494 e. The highest BCUT2D eigenvalue weighted by Gasteiger charge is 2.21. The summed E-state index contributed by atoms with van der Waals surface area (Å²) in [5, 5.41) is 3.32. The van der Waals surface area contributed by atoms with E-state index in [0.717, 1.165) is 5.75 Å². The highest BCUT2D eigenvalue weighted by atomic mass is 16.5. The molecule has 1 fully saturated rings. The van der Waals surface area contributed by atoms with Crippen LogP contribution < -0.4 is 10.1 Å². The van der Waals surface area contributed by atoms with Crippen LogP contribution in [0.5, 0.6) is 5.75 Å². The van der Waals surface area contributed by atoms with E-state index in [1.54, 1.807) is 0 Å². The van der Waals surface area contributed by atoms with E-state index >= 15 is 0 Å². The zero-order valence-corrected chi connectivity index (χ0v) is 11.3. The Morgan fingerprint density at radius 3 is 2.72 bits per heavy atom. The van der Waals surface area contributed by atoms with Crippen molar-refractivity contribution in [3.63, 3.8) is 0 Å². The maximum Gasteiger partial charge on any atom is 0.124 e. The molecular weight excluding hydrogens is 226 g/mol. The second-order valence-corrected chi connectivity index (χ2v) is 4.70. The Balaban J connectivity index is 2.00. The first-order valence-electron chi connectivity index (χ1n) is 6.85. The van der Waals surface area contributed by atoms with Gasteiger partial charge in [-0.15, -0.1) is 0 Å². The SMILES string of the molecule is CCOc1ccccc1C(COC1CCC1)NC. The predicted molar refractivity (Wildman–Crippen MR) is 73.0 cm³/mol. The van der Waals surface area contributed by atoms with Crippen molar-refractivity contribution in [3.8, 4) is 5.75 Å². The van der Waals surface area contributed by atoms with Gasteiger partial charge in [-0.05, 0) is 39.3 Å². The lowest BCUT2D eigenvalue weighted by atomic mass is 9.96. The van der Waals surface area contributed by atoms with Crippen LogP contribution in [0, 0.1) is 0 Å². The van der Waals surface area contributed by atoms with Crippen LogP contribution in [-0.2, 0) is 4.74 Å². The fourth-order valence-corrected chi connectivity index (χ4v) is 2.15. The Bertz CT molecular complexity index is 363. The first kappa shape index (κ1) is 13.4. The molecule has 1 unspecified atom stereocenters. The fraction of sp³-hybridized carbons (Fsp3) is 0.600. The second kappa shape index (κ2) is 6.76. The van der Waals surface area contributed by atoms with Gasteiger partial charge in [0.15, 0.2) is 0 Å². The summed E-state index contributed by atoms with van der Waals surface area (Å²) in [5.74, 6) is 0.955. The molecule has 0 saturated heterocycles. The standard InChI is InChI=1S/C15H23NO2/c1-3-17-15-10-5-4-9-13(15)14(16-2)11-18-12-7-6-8-12/h4-5,9-10,12,14,16H,3,6-8,11H2,1-2H3. The Morgan fingerprint density at radius 2 is 2.11 bits per heavy atom. The van der Waals surface area contributed by atoms with Crippen LogP contribution in [0.2, 0.25) is 0 Å². The van der Waals surface area contributed by atoms with Gasteiger partial charge >= 0.3 is 0 Å². The average molecular weight is 249 g/mol.